The number of nitrogens with zero attached hydrogens (tertiary/aromatic N) is 3. The number of aryl methyl sites for hydroxylation is 3. The van der Waals surface area contributed by atoms with E-state index >= 15 is 0 Å². The van der Waals surface area contributed by atoms with Gasteiger partial charge in [0, 0.05) is 45.9 Å². The van der Waals surface area contributed by atoms with Gasteiger partial charge in [-0.2, -0.15) is 0 Å². The molecule has 0 bridgehead atoms. The summed E-state index contributed by atoms with van der Waals surface area (Å²) in [5, 5.41) is 3.38. The maximum Gasteiger partial charge on any atom is 0.220 e. The highest BCUT2D eigenvalue weighted by Gasteiger charge is 2.17. The molecule has 7 heteroatoms. The fourth-order valence-electron chi connectivity index (χ4n) is 5.11. The number of hydrazine groups is 1. The Morgan fingerprint density at radius 1 is 0.919 bits per heavy atom. The summed E-state index contributed by atoms with van der Waals surface area (Å²) in [7, 11) is 2.19. The van der Waals surface area contributed by atoms with Gasteiger partial charge in [-0.3, -0.25) is 10.9 Å². The third kappa shape index (κ3) is 6.06. The Hall–Kier alpha value is -3.55. The summed E-state index contributed by atoms with van der Waals surface area (Å²) in [4.78, 5) is 9.77. The minimum Gasteiger partial charge on any atom is -0.493 e. The molecule has 0 aromatic heterocycles. The standard InChI is InChI=1S/C30H38N6O.H2/c1-21-8-5-9-22(2)28(21)24-18-23(3)29-27(19-24)33-34-30(32-29)31-25-10-6-11-26(20-25)37-17-7-12-36-15-13-35(4)14-16-36;/h5-6,8-11,18-20,33H,7,12-17H2,1-4H3,(H2,31,32,34);1H. The van der Waals surface area contributed by atoms with Crippen LogP contribution in [0.25, 0.3) is 11.1 Å². The van der Waals surface area contributed by atoms with Gasteiger partial charge in [-0.1, -0.05) is 24.3 Å². The number of nitrogens with one attached hydrogen (secondary N) is 3. The van der Waals surface area contributed by atoms with Crippen molar-refractivity contribution in [3.05, 3.63) is 71.3 Å². The molecule has 5 rings (SSSR count). The first-order chi connectivity index (χ1) is 18.0. The van der Waals surface area contributed by atoms with E-state index in [1.807, 2.05) is 24.3 Å². The molecule has 0 atom stereocenters. The molecule has 196 valence electrons. The highest BCUT2D eigenvalue weighted by Crippen LogP contribution is 2.37. The lowest BCUT2D eigenvalue weighted by atomic mass is 9.93. The van der Waals surface area contributed by atoms with Crippen molar-refractivity contribution in [1.82, 2.24) is 15.2 Å². The number of piperazine rings is 1. The molecule has 0 spiro atoms. The smallest absolute Gasteiger partial charge is 0.220 e. The summed E-state index contributed by atoms with van der Waals surface area (Å²) < 4.78 is 6.04. The lowest BCUT2D eigenvalue weighted by Crippen LogP contribution is -2.44. The predicted octanol–water partition coefficient (Wildman–Crippen LogP) is 5.57. The number of anilines is 2. The summed E-state index contributed by atoms with van der Waals surface area (Å²) in [6, 6.07) is 18.9. The first kappa shape index (κ1) is 25.1. The summed E-state index contributed by atoms with van der Waals surface area (Å²) in [5.74, 6) is 1.52. The van der Waals surface area contributed by atoms with Crippen LogP contribution < -0.4 is 20.9 Å². The van der Waals surface area contributed by atoms with Crippen molar-refractivity contribution < 1.29 is 6.16 Å². The molecular weight excluding hydrogens is 460 g/mol. The maximum absolute atomic E-state index is 6.04. The van der Waals surface area contributed by atoms with Crippen LogP contribution in [0.3, 0.4) is 0 Å². The van der Waals surface area contributed by atoms with E-state index < -0.39 is 0 Å². The number of fused-ring (bicyclic) bond motifs is 1. The van der Waals surface area contributed by atoms with E-state index in [4.69, 9.17) is 9.73 Å². The molecule has 0 amide bonds. The zero-order valence-electron chi connectivity index (χ0n) is 22.4. The van der Waals surface area contributed by atoms with Crippen LogP contribution in [0.4, 0.5) is 17.1 Å². The van der Waals surface area contributed by atoms with Crippen molar-refractivity contribution >= 4 is 23.0 Å². The second-order valence-corrected chi connectivity index (χ2v) is 10.2. The van der Waals surface area contributed by atoms with Crippen LogP contribution in [0.1, 0.15) is 24.5 Å². The van der Waals surface area contributed by atoms with Crippen LogP contribution in [0.2, 0.25) is 0 Å². The van der Waals surface area contributed by atoms with E-state index in [0.29, 0.717) is 12.6 Å². The fraction of sp³-hybridized carbons (Fsp3) is 0.367. The predicted molar refractivity (Wildman–Crippen MR) is 156 cm³/mol. The first-order valence-corrected chi connectivity index (χ1v) is 13.2. The number of hydrogen-bond donors (Lipinski definition) is 3. The minimum absolute atomic E-state index is 0. The highest BCUT2D eigenvalue weighted by atomic mass is 16.5. The van der Waals surface area contributed by atoms with Crippen molar-refractivity contribution in [2.45, 2.75) is 27.2 Å². The van der Waals surface area contributed by atoms with Crippen LogP contribution in [0.5, 0.6) is 5.75 Å². The number of ether oxygens (including phenoxy) is 1. The molecular formula is C30H40N6O. The average Bonchev–Trinajstić information content (AvgIpc) is 2.88. The normalized spacial score (nSPS) is 15.8. The Kier molecular flexibility index (Phi) is 7.63. The van der Waals surface area contributed by atoms with Gasteiger partial charge in [0.25, 0.3) is 0 Å². The Morgan fingerprint density at radius 3 is 2.46 bits per heavy atom. The second kappa shape index (κ2) is 11.2. The lowest BCUT2D eigenvalue weighted by Gasteiger charge is -2.32. The molecule has 0 unspecified atom stereocenters. The van der Waals surface area contributed by atoms with Gasteiger partial charge in [0.2, 0.25) is 5.96 Å². The van der Waals surface area contributed by atoms with E-state index in [9.17, 15) is 0 Å². The topological polar surface area (TPSA) is 64.2 Å². The van der Waals surface area contributed by atoms with Crippen molar-refractivity contribution in [1.29, 1.82) is 0 Å². The quantitative estimate of drug-likeness (QED) is 0.369. The van der Waals surface area contributed by atoms with Gasteiger partial charge in [0.1, 0.15) is 5.75 Å². The fourth-order valence-corrected chi connectivity index (χ4v) is 5.11. The van der Waals surface area contributed by atoms with E-state index in [0.717, 1.165) is 67.5 Å². The largest absolute Gasteiger partial charge is 0.493 e. The number of likely N-dealkylation sites (N-methyl/N-ethyl adjacent to an activating group) is 1. The first-order valence-electron chi connectivity index (χ1n) is 13.2. The van der Waals surface area contributed by atoms with Gasteiger partial charge in [-0.25, -0.2) is 4.99 Å². The van der Waals surface area contributed by atoms with Gasteiger partial charge >= 0.3 is 0 Å². The zero-order chi connectivity index (χ0) is 25.8. The van der Waals surface area contributed by atoms with Crippen molar-refractivity contribution in [3.63, 3.8) is 0 Å². The molecule has 3 aromatic rings. The van der Waals surface area contributed by atoms with E-state index in [2.05, 4.69) is 84.1 Å². The van der Waals surface area contributed by atoms with Gasteiger partial charge in [-0.05, 0) is 86.3 Å². The molecule has 3 aromatic carbocycles. The maximum atomic E-state index is 6.04. The third-order valence-corrected chi connectivity index (χ3v) is 7.19. The number of hydrogen-bond acceptors (Lipinski definition) is 7. The van der Waals surface area contributed by atoms with Crippen molar-refractivity contribution in [3.8, 4) is 16.9 Å². The van der Waals surface area contributed by atoms with Gasteiger partial charge in [0.15, 0.2) is 0 Å². The molecule has 2 aliphatic heterocycles. The number of benzene rings is 3. The second-order valence-electron chi connectivity index (χ2n) is 10.2. The van der Waals surface area contributed by atoms with E-state index in [-0.39, 0.29) is 1.43 Å². The highest BCUT2D eigenvalue weighted by molar-refractivity contribution is 6.00. The molecule has 37 heavy (non-hydrogen) atoms. The monoisotopic (exact) mass is 500 g/mol. The van der Waals surface area contributed by atoms with Gasteiger partial charge in [-0.15, -0.1) is 0 Å². The Balaban J connectivity index is 0.00000336. The molecule has 0 aliphatic carbocycles. The zero-order valence-corrected chi connectivity index (χ0v) is 22.4. The molecule has 7 nitrogen and oxygen atoms in total. The average molecular weight is 501 g/mol. The Bertz CT molecular complexity index is 1270. The van der Waals surface area contributed by atoms with Crippen LogP contribution in [-0.4, -0.2) is 62.1 Å². The van der Waals surface area contributed by atoms with Gasteiger partial charge in [0.05, 0.1) is 18.0 Å². The van der Waals surface area contributed by atoms with E-state index in [1.54, 1.807) is 0 Å². The van der Waals surface area contributed by atoms with Gasteiger partial charge < -0.3 is 19.9 Å². The molecule has 1 fully saturated rings. The molecule has 0 saturated carbocycles. The summed E-state index contributed by atoms with van der Waals surface area (Å²) in [6.45, 7) is 12.8. The van der Waals surface area contributed by atoms with Crippen LogP contribution in [-0.2, 0) is 0 Å². The van der Waals surface area contributed by atoms with E-state index in [1.165, 1.54) is 22.3 Å². The summed E-state index contributed by atoms with van der Waals surface area (Å²) in [6.07, 6.45) is 1.03. The Morgan fingerprint density at radius 2 is 1.68 bits per heavy atom. The minimum atomic E-state index is 0. The van der Waals surface area contributed by atoms with Crippen molar-refractivity contribution in [2.75, 3.05) is 57.1 Å². The van der Waals surface area contributed by atoms with Crippen LogP contribution in [0.15, 0.2) is 59.6 Å². The molecule has 0 radical (unpaired) electrons. The molecule has 2 heterocycles. The number of aliphatic imine (C=N–C) groups is 1. The number of guanidine groups is 1. The summed E-state index contributed by atoms with van der Waals surface area (Å²) >= 11 is 0. The number of rotatable bonds is 7. The van der Waals surface area contributed by atoms with Crippen LogP contribution >= 0.6 is 0 Å². The lowest BCUT2D eigenvalue weighted by molar-refractivity contribution is 0.145. The van der Waals surface area contributed by atoms with Crippen molar-refractivity contribution in [2.24, 2.45) is 4.99 Å². The summed E-state index contributed by atoms with van der Waals surface area (Å²) in [5.41, 5.74) is 15.5. The molecule has 2 aliphatic rings. The SMILES string of the molecule is Cc1cc(-c2c(C)cccc2C)cc2c1N=C(Nc1cccc(OCCCN3CCN(C)CC3)c1)NN2.[HH]. The third-order valence-electron chi connectivity index (χ3n) is 7.19. The van der Waals surface area contributed by atoms with Crippen LogP contribution in [0, 0.1) is 20.8 Å². The molecule has 3 N–H and O–H groups in total. The molecule has 1 saturated heterocycles. The Labute approximate surface area is 222 Å².